The SMILES string of the molecule is C=C/C(C(=O)O)=C(/Br)C=NC. The fourth-order valence-corrected chi connectivity index (χ4v) is 1.01. The first kappa shape index (κ1) is 10.1. The molecular formula is C7H8BrNO2. The van der Waals surface area contributed by atoms with Crippen LogP contribution in [0, 0.1) is 0 Å². The van der Waals surface area contributed by atoms with Crippen molar-refractivity contribution in [2.75, 3.05) is 7.05 Å². The van der Waals surface area contributed by atoms with Gasteiger partial charge in [-0.3, -0.25) is 4.99 Å². The number of nitrogens with zero attached hydrogens (tertiary/aromatic N) is 1. The van der Waals surface area contributed by atoms with E-state index in [1.807, 2.05) is 0 Å². The summed E-state index contributed by atoms with van der Waals surface area (Å²) in [5.41, 5.74) is 0.107. The lowest BCUT2D eigenvalue weighted by atomic mass is 10.2. The van der Waals surface area contributed by atoms with Crippen molar-refractivity contribution in [3.63, 3.8) is 0 Å². The Morgan fingerprint density at radius 2 is 2.27 bits per heavy atom. The minimum atomic E-state index is -1.02. The third kappa shape index (κ3) is 3.13. The minimum Gasteiger partial charge on any atom is -0.478 e. The van der Waals surface area contributed by atoms with Crippen LogP contribution in [0.4, 0.5) is 0 Å². The van der Waals surface area contributed by atoms with Crippen molar-refractivity contribution < 1.29 is 9.90 Å². The van der Waals surface area contributed by atoms with Gasteiger partial charge in [-0.15, -0.1) is 0 Å². The highest BCUT2D eigenvalue weighted by atomic mass is 79.9. The molecule has 0 amide bonds. The normalized spacial score (nSPS) is 12.9. The highest BCUT2D eigenvalue weighted by Crippen LogP contribution is 2.10. The molecule has 0 spiro atoms. The van der Waals surface area contributed by atoms with Gasteiger partial charge in [0.05, 0.1) is 5.57 Å². The first-order valence-corrected chi connectivity index (χ1v) is 3.60. The van der Waals surface area contributed by atoms with Crippen molar-refractivity contribution in [3.8, 4) is 0 Å². The molecule has 3 nitrogen and oxygen atoms in total. The van der Waals surface area contributed by atoms with Crippen molar-refractivity contribution in [2.45, 2.75) is 0 Å². The van der Waals surface area contributed by atoms with E-state index in [4.69, 9.17) is 5.11 Å². The number of carboxylic acids is 1. The summed E-state index contributed by atoms with van der Waals surface area (Å²) in [5, 5.41) is 8.55. The number of carbonyl (C=O) groups is 1. The van der Waals surface area contributed by atoms with Gasteiger partial charge in [-0.05, 0) is 15.9 Å². The highest BCUT2D eigenvalue weighted by Gasteiger charge is 2.05. The zero-order valence-corrected chi connectivity index (χ0v) is 7.63. The molecule has 0 saturated heterocycles. The molecule has 0 aliphatic heterocycles. The molecule has 0 aliphatic rings. The van der Waals surface area contributed by atoms with E-state index in [0.29, 0.717) is 4.48 Å². The first-order chi connectivity index (χ1) is 5.13. The third-order valence-corrected chi connectivity index (χ3v) is 1.57. The van der Waals surface area contributed by atoms with Crippen LogP contribution < -0.4 is 0 Å². The summed E-state index contributed by atoms with van der Waals surface area (Å²) >= 11 is 3.04. The fourth-order valence-electron chi connectivity index (χ4n) is 0.470. The summed E-state index contributed by atoms with van der Waals surface area (Å²) < 4.78 is 0.419. The van der Waals surface area contributed by atoms with Crippen molar-refractivity contribution in [2.24, 2.45) is 4.99 Å². The highest BCUT2D eigenvalue weighted by molar-refractivity contribution is 9.12. The molecular weight excluding hydrogens is 210 g/mol. The van der Waals surface area contributed by atoms with Gasteiger partial charge in [0.25, 0.3) is 0 Å². The number of aliphatic carboxylic acids is 1. The third-order valence-electron chi connectivity index (χ3n) is 0.934. The molecule has 0 rings (SSSR count). The van der Waals surface area contributed by atoms with Crippen LogP contribution in [-0.4, -0.2) is 24.3 Å². The Kier molecular flexibility index (Phi) is 4.45. The molecule has 1 N–H and O–H groups in total. The molecule has 0 heterocycles. The molecule has 0 aliphatic carbocycles. The maximum atomic E-state index is 10.4. The topological polar surface area (TPSA) is 49.7 Å². The minimum absolute atomic E-state index is 0.107. The van der Waals surface area contributed by atoms with Gasteiger partial charge < -0.3 is 5.11 Å². The zero-order chi connectivity index (χ0) is 8.85. The van der Waals surface area contributed by atoms with E-state index in [0.717, 1.165) is 0 Å². The Bertz CT molecular complexity index is 231. The van der Waals surface area contributed by atoms with Crippen LogP contribution in [-0.2, 0) is 4.79 Å². The number of allylic oxidation sites excluding steroid dienone is 1. The van der Waals surface area contributed by atoms with Crippen LogP contribution in [0.15, 0.2) is 27.7 Å². The van der Waals surface area contributed by atoms with Crippen LogP contribution in [0.1, 0.15) is 0 Å². The molecule has 4 heteroatoms. The summed E-state index contributed by atoms with van der Waals surface area (Å²) in [5.74, 6) is -1.02. The van der Waals surface area contributed by atoms with Gasteiger partial charge in [-0.1, -0.05) is 12.7 Å². The standard InChI is InChI=1S/C7H8BrNO2/c1-3-5(7(10)11)6(8)4-9-2/h3-4H,1H2,2H3,(H,10,11)/b6-5-,9-4?. The number of carboxylic acid groups (broad SMARTS) is 1. The lowest BCUT2D eigenvalue weighted by Gasteiger charge is -1.94. The maximum Gasteiger partial charge on any atom is 0.336 e. The summed E-state index contributed by atoms with van der Waals surface area (Å²) in [6.07, 6.45) is 2.67. The molecule has 0 unspecified atom stereocenters. The van der Waals surface area contributed by atoms with Gasteiger partial charge in [0.2, 0.25) is 0 Å². The van der Waals surface area contributed by atoms with Crippen molar-refractivity contribution in [1.82, 2.24) is 0 Å². The lowest BCUT2D eigenvalue weighted by molar-refractivity contribution is -0.132. The van der Waals surface area contributed by atoms with E-state index in [1.54, 1.807) is 7.05 Å². The van der Waals surface area contributed by atoms with Crippen LogP contribution in [0.2, 0.25) is 0 Å². The number of hydrogen-bond donors (Lipinski definition) is 1. The average molecular weight is 218 g/mol. The molecule has 11 heavy (non-hydrogen) atoms. The fraction of sp³-hybridized carbons (Fsp3) is 0.143. The van der Waals surface area contributed by atoms with Gasteiger partial charge in [-0.2, -0.15) is 0 Å². The Hall–Kier alpha value is -0.900. The quantitative estimate of drug-likeness (QED) is 0.444. The van der Waals surface area contributed by atoms with Crippen LogP contribution >= 0.6 is 15.9 Å². The van der Waals surface area contributed by atoms with E-state index in [2.05, 4.69) is 27.5 Å². The molecule has 0 atom stereocenters. The van der Waals surface area contributed by atoms with Gasteiger partial charge >= 0.3 is 5.97 Å². The van der Waals surface area contributed by atoms with Gasteiger partial charge in [0.15, 0.2) is 0 Å². The van der Waals surface area contributed by atoms with E-state index in [1.165, 1.54) is 12.3 Å². The van der Waals surface area contributed by atoms with Gasteiger partial charge in [0.1, 0.15) is 0 Å². The predicted molar refractivity (Wildman–Crippen MR) is 48.2 cm³/mol. The molecule has 0 radical (unpaired) electrons. The molecule has 0 fully saturated rings. The Labute approximate surface area is 73.3 Å². The molecule has 0 aromatic rings. The number of halogens is 1. The second kappa shape index (κ2) is 4.85. The Morgan fingerprint density at radius 3 is 2.55 bits per heavy atom. The average Bonchev–Trinajstić information content (AvgIpc) is 1.88. The van der Waals surface area contributed by atoms with Gasteiger partial charge in [0, 0.05) is 17.7 Å². The van der Waals surface area contributed by atoms with E-state index < -0.39 is 5.97 Å². The second-order valence-corrected chi connectivity index (χ2v) is 2.51. The molecule has 0 bridgehead atoms. The van der Waals surface area contributed by atoms with E-state index in [9.17, 15) is 4.79 Å². The Morgan fingerprint density at radius 1 is 1.73 bits per heavy atom. The number of hydrogen-bond acceptors (Lipinski definition) is 2. The first-order valence-electron chi connectivity index (χ1n) is 2.81. The predicted octanol–water partition coefficient (Wildman–Crippen LogP) is 1.61. The Balaban J connectivity index is 4.82. The number of aliphatic imine (C=N–C) groups is 1. The molecule has 0 saturated carbocycles. The summed E-state index contributed by atoms with van der Waals surface area (Å²) in [6, 6.07) is 0. The lowest BCUT2D eigenvalue weighted by Crippen LogP contribution is -1.99. The van der Waals surface area contributed by atoms with Gasteiger partial charge in [-0.25, -0.2) is 4.79 Å². The van der Waals surface area contributed by atoms with E-state index >= 15 is 0 Å². The maximum absolute atomic E-state index is 10.4. The van der Waals surface area contributed by atoms with E-state index in [-0.39, 0.29) is 5.57 Å². The molecule has 0 aromatic heterocycles. The van der Waals surface area contributed by atoms with Crippen LogP contribution in [0.5, 0.6) is 0 Å². The number of rotatable bonds is 3. The molecule has 60 valence electrons. The van der Waals surface area contributed by atoms with Crippen molar-refractivity contribution in [1.29, 1.82) is 0 Å². The van der Waals surface area contributed by atoms with Crippen LogP contribution in [0.25, 0.3) is 0 Å². The second-order valence-electron chi connectivity index (χ2n) is 1.66. The summed E-state index contributed by atoms with van der Waals surface area (Å²) in [6.45, 7) is 3.36. The van der Waals surface area contributed by atoms with Crippen molar-refractivity contribution >= 4 is 28.1 Å². The monoisotopic (exact) mass is 217 g/mol. The summed E-state index contributed by atoms with van der Waals surface area (Å²) in [4.78, 5) is 14.1. The molecule has 0 aromatic carbocycles. The largest absolute Gasteiger partial charge is 0.478 e. The zero-order valence-electron chi connectivity index (χ0n) is 6.04. The smallest absolute Gasteiger partial charge is 0.336 e. The summed E-state index contributed by atoms with van der Waals surface area (Å²) in [7, 11) is 1.56. The van der Waals surface area contributed by atoms with Crippen molar-refractivity contribution in [3.05, 3.63) is 22.7 Å². The van der Waals surface area contributed by atoms with Crippen LogP contribution in [0.3, 0.4) is 0 Å².